The minimum atomic E-state index is -1.93. The van der Waals surface area contributed by atoms with Crippen molar-refractivity contribution in [3.8, 4) is 22.3 Å². The van der Waals surface area contributed by atoms with Crippen molar-refractivity contribution < 1.29 is 14.0 Å². The van der Waals surface area contributed by atoms with Crippen molar-refractivity contribution in [3.05, 3.63) is 82.8 Å². The Labute approximate surface area is 266 Å². The minimum absolute atomic E-state index is 0.0886. The molecule has 3 fully saturated rings. The number of aryl methyl sites for hydroxylation is 2. The number of nitrogens with one attached hydrogen (secondary N) is 4. The van der Waals surface area contributed by atoms with Crippen LogP contribution in [0, 0.1) is 13.8 Å². The van der Waals surface area contributed by atoms with Crippen LogP contribution >= 0.6 is 11.6 Å². The van der Waals surface area contributed by atoms with E-state index in [2.05, 4.69) is 42.1 Å². The van der Waals surface area contributed by atoms with Gasteiger partial charge in [0.2, 0.25) is 5.91 Å². The lowest BCUT2D eigenvalue weighted by molar-refractivity contribution is -0.131. The van der Waals surface area contributed by atoms with Gasteiger partial charge in [-0.25, -0.2) is 9.37 Å². The number of rotatable bonds is 9. The minimum Gasteiger partial charge on any atom is -0.351 e. The second kappa shape index (κ2) is 11.6. The number of piperazine rings is 1. The summed E-state index contributed by atoms with van der Waals surface area (Å²) >= 11 is 6.65. The molecule has 2 aliphatic heterocycles. The first kappa shape index (κ1) is 29.4. The van der Waals surface area contributed by atoms with Crippen LogP contribution in [0.2, 0.25) is 5.02 Å². The number of amides is 2. The van der Waals surface area contributed by atoms with Gasteiger partial charge in [0.05, 0.1) is 5.69 Å². The third-order valence-electron chi connectivity index (χ3n) is 9.19. The molecule has 2 amide bonds. The molecule has 9 nitrogen and oxygen atoms in total. The van der Waals surface area contributed by atoms with E-state index in [4.69, 9.17) is 11.6 Å². The molecule has 2 bridgehead atoms. The molecule has 4 heterocycles. The Hall–Kier alpha value is -4.28. The van der Waals surface area contributed by atoms with Gasteiger partial charge >= 0.3 is 0 Å². The van der Waals surface area contributed by atoms with Gasteiger partial charge in [-0.15, -0.1) is 0 Å². The van der Waals surface area contributed by atoms with E-state index >= 15 is 0 Å². The predicted octanol–water partition coefficient (Wildman–Crippen LogP) is 5.13. The van der Waals surface area contributed by atoms with Crippen LogP contribution in [0.4, 0.5) is 15.9 Å². The lowest BCUT2D eigenvalue weighted by Gasteiger charge is -2.28. The number of aromatic amines is 1. The number of carbonyl (C=O) groups excluding carboxylic acids is 2. The molecule has 232 valence electrons. The van der Waals surface area contributed by atoms with E-state index < -0.39 is 23.5 Å². The number of anilines is 2. The molecule has 3 atom stereocenters. The fourth-order valence-corrected chi connectivity index (χ4v) is 6.68. The Balaban J connectivity index is 1.12. The first-order valence-electron chi connectivity index (χ1n) is 15.3. The number of nitrogens with zero attached hydrogens (tertiary/aromatic N) is 3. The lowest BCUT2D eigenvalue weighted by Crippen LogP contribution is -2.48. The molecule has 1 saturated carbocycles. The number of H-pyrrole nitrogens is 1. The SMILES string of the molecule is Cc1n[nH]c(C)c1-c1ccc(NC(=O)C(Cc2cc(-c3ccnc(N4C[C@@H]5C[C@H]4CN5)c3)ccc2Cl)NC(=O)C2(F)CC2)cc1. The first-order chi connectivity index (χ1) is 21.7. The number of carbonyl (C=O) groups is 2. The number of alkyl halides is 1. The Morgan fingerprint density at radius 2 is 1.84 bits per heavy atom. The summed E-state index contributed by atoms with van der Waals surface area (Å²) in [6.45, 7) is 5.79. The average Bonchev–Trinajstić information content (AvgIpc) is 3.32. The highest BCUT2D eigenvalue weighted by molar-refractivity contribution is 6.31. The van der Waals surface area contributed by atoms with Crippen molar-refractivity contribution >= 4 is 34.9 Å². The predicted molar refractivity (Wildman–Crippen MR) is 173 cm³/mol. The maximum Gasteiger partial charge on any atom is 0.258 e. The summed E-state index contributed by atoms with van der Waals surface area (Å²) in [5, 5.41) is 16.8. The zero-order valence-corrected chi connectivity index (χ0v) is 25.9. The molecule has 1 unspecified atom stereocenters. The van der Waals surface area contributed by atoms with E-state index in [0.29, 0.717) is 28.4 Å². The Morgan fingerprint density at radius 3 is 2.51 bits per heavy atom. The van der Waals surface area contributed by atoms with Crippen molar-refractivity contribution in [1.29, 1.82) is 0 Å². The third-order valence-corrected chi connectivity index (χ3v) is 9.56. The normalized spacial score (nSPS) is 20.2. The second-order valence-corrected chi connectivity index (χ2v) is 12.8. The van der Waals surface area contributed by atoms with Gasteiger partial charge in [0.1, 0.15) is 11.9 Å². The molecule has 3 aliphatic rings. The molecule has 4 N–H and O–H groups in total. The van der Waals surface area contributed by atoms with Crippen molar-refractivity contribution in [2.45, 2.75) is 63.3 Å². The molecule has 11 heteroatoms. The largest absolute Gasteiger partial charge is 0.351 e. The van der Waals surface area contributed by atoms with Crippen molar-refractivity contribution in [3.63, 3.8) is 0 Å². The summed E-state index contributed by atoms with van der Waals surface area (Å²) in [6, 6.07) is 17.0. The second-order valence-electron chi connectivity index (χ2n) is 12.4. The van der Waals surface area contributed by atoms with Crippen molar-refractivity contribution in [2.75, 3.05) is 23.3 Å². The Morgan fingerprint density at radius 1 is 1.09 bits per heavy atom. The van der Waals surface area contributed by atoms with Gasteiger partial charge in [-0.3, -0.25) is 14.7 Å². The van der Waals surface area contributed by atoms with Crippen LogP contribution in [0.5, 0.6) is 0 Å². The highest BCUT2D eigenvalue weighted by Crippen LogP contribution is 2.40. The third kappa shape index (κ3) is 5.92. The maximum atomic E-state index is 14.7. The topological polar surface area (TPSA) is 115 Å². The fraction of sp³-hybridized carbons (Fsp3) is 0.353. The zero-order chi connectivity index (χ0) is 31.3. The molecular weight excluding hydrogens is 593 g/mol. The molecule has 7 rings (SSSR count). The molecule has 2 saturated heterocycles. The van der Waals surface area contributed by atoms with Crippen LogP contribution in [-0.2, 0) is 16.0 Å². The van der Waals surface area contributed by atoms with Crippen molar-refractivity contribution in [1.82, 2.24) is 25.8 Å². The first-order valence-corrected chi connectivity index (χ1v) is 15.7. The maximum absolute atomic E-state index is 14.7. The van der Waals surface area contributed by atoms with Crippen LogP contribution in [0.25, 0.3) is 22.3 Å². The van der Waals surface area contributed by atoms with Crippen LogP contribution in [0.1, 0.15) is 36.2 Å². The molecule has 2 aromatic heterocycles. The summed E-state index contributed by atoms with van der Waals surface area (Å²) in [4.78, 5) is 33.4. The Bertz CT molecular complexity index is 1750. The van der Waals surface area contributed by atoms with E-state index in [1.807, 2.05) is 50.4 Å². The number of hydrogen-bond donors (Lipinski definition) is 4. The van der Waals surface area contributed by atoms with Crippen LogP contribution in [0.15, 0.2) is 60.8 Å². The van der Waals surface area contributed by atoms with Crippen LogP contribution < -0.4 is 20.9 Å². The monoisotopic (exact) mass is 627 g/mol. The van der Waals surface area contributed by atoms with Crippen LogP contribution in [0.3, 0.4) is 0 Å². The van der Waals surface area contributed by atoms with E-state index in [1.165, 1.54) is 0 Å². The van der Waals surface area contributed by atoms with Crippen molar-refractivity contribution in [2.24, 2.45) is 0 Å². The van der Waals surface area contributed by atoms with Gasteiger partial charge in [0.15, 0.2) is 5.67 Å². The van der Waals surface area contributed by atoms with E-state index in [-0.39, 0.29) is 19.3 Å². The van der Waals surface area contributed by atoms with Gasteiger partial charge in [-0.2, -0.15) is 5.10 Å². The molecule has 0 spiro atoms. The number of halogens is 2. The molecule has 0 radical (unpaired) electrons. The van der Waals surface area contributed by atoms with Gasteiger partial charge in [0, 0.05) is 59.8 Å². The molecule has 2 aromatic carbocycles. The number of pyridine rings is 1. The highest BCUT2D eigenvalue weighted by atomic mass is 35.5. The quantitative estimate of drug-likeness (QED) is 0.205. The molecule has 4 aromatic rings. The van der Waals surface area contributed by atoms with E-state index in [0.717, 1.165) is 59.0 Å². The number of fused-ring (bicyclic) bond motifs is 2. The number of benzene rings is 2. The standard InChI is InChI=1S/C34H35ClFN7O2/c1-19-31(20(2)42-41-19)21-3-6-25(7-4-21)39-32(44)29(40-33(45)34(36)10-11-34)14-24-13-22(5-8-28(24)35)23-9-12-37-30(15-23)43-18-26-16-27(43)17-38-26/h3-9,12-13,15,26-27,29,38H,10-11,14,16-18H2,1-2H3,(H,39,44)(H,40,45)(H,41,42)/t26-,27-,29?/m0/s1. The van der Waals surface area contributed by atoms with E-state index in [9.17, 15) is 14.0 Å². The summed E-state index contributed by atoms with van der Waals surface area (Å²) in [5.41, 5.74) is 5.00. The summed E-state index contributed by atoms with van der Waals surface area (Å²) < 4.78 is 14.7. The fourth-order valence-electron chi connectivity index (χ4n) is 6.49. The van der Waals surface area contributed by atoms with Gasteiger partial charge in [-0.05, 0) is 91.8 Å². The van der Waals surface area contributed by atoms with Gasteiger partial charge in [0.25, 0.3) is 5.91 Å². The van der Waals surface area contributed by atoms with Gasteiger partial charge < -0.3 is 20.9 Å². The summed E-state index contributed by atoms with van der Waals surface area (Å²) in [5.74, 6) is -0.296. The highest BCUT2D eigenvalue weighted by Gasteiger charge is 2.51. The van der Waals surface area contributed by atoms with E-state index in [1.54, 1.807) is 18.2 Å². The lowest BCUT2D eigenvalue weighted by atomic mass is 9.98. The number of aromatic nitrogens is 3. The van der Waals surface area contributed by atoms with Crippen LogP contribution in [-0.4, -0.2) is 63.9 Å². The molecule has 1 aliphatic carbocycles. The zero-order valence-electron chi connectivity index (χ0n) is 25.2. The average molecular weight is 628 g/mol. The smallest absolute Gasteiger partial charge is 0.258 e. The Kier molecular flexibility index (Phi) is 7.57. The summed E-state index contributed by atoms with van der Waals surface area (Å²) in [7, 11) is 0. The number of hydrogen-bond acceptors (Lipinski definition) is 6. The summed E-state index contributed by atoms with van der Waals surface area (Å²) in [6.07, 6.45) is 3.32. The molecule has 45 heavy (non-hydrogen) atoms. The van der Waals surface area contributed by atoms with Gasteiger partial charge in [-0.1, -0.05) is 29.8 Å². The molecular formula is C34H35ClFN7O2.